The molecular weight excluding hydrogens is 272 g/mol. The monoisotopic (exact) mass is 298 g/mol. The van der Waals surface area contributed by atoms with Crippen LogP contribution in [0.5, 0.6) is 0 Å². The average molecular weight is 298 g/mol. The highest BCUT2D eigenvalue weighted by atomic mass is 32.2. The van der Waals surface area contributed by atoms with Gasteiger partial charge in [-0.15, -0.1) is 0 Å². The predicted octanol–water partition coefficient (Wildman–Crippen LogP) is 2.56. The van der Waals surface area contributed by atoms with Gasteiger partial charge < -0.3 is 15.7 Å². The van der Waals surface area contributed by atoms with Gasteiger partial charge in [0.15, 0.2) is 0 Å². The highest BCUT2D eigenvalue weighted by Crippen LogP contribution is 2.18. The molecular formula is C14H26N4OS. The van der Waals surface area contributed by atoms with Crippen LogP contribution >= 0.6 is 11.8 Å². The molecule has 1 aromatic rings. The van der Waals surface area contributed by atoms with E-state index in [9.17, 15) is 5.11 Å². The van der Waals surface area contributed by atoms with Crippen molar-refractivity contribution in [2.75, 3.05) is 35.7 Å². The predicted molar refractivity (Wildman–Crippen MR) is 87.8 cm³/mol. The maximum atomic E-state index is 10.2. The molecule has 1 aromatic heterocycles. The summed E-state index contributed by atoms with van der Waals surface area (Å²) in [5.74, 6) is 3.32. The normalized spacial score (nSPS) is 14.2. The molecule has 1 unspecified atom stereocenters. The van der Waals surface area contributed by atoms with Crippen LogP contribution in [0.25, 0.3) is 0 Å². The van der Waals surface area contributed by atoms with Gasteiger partial charge in [0, 0.05) is 30.8 Å². The maximum absolute atomic E-state index is 10.2. The van der Waals surface area contributed by atoms with Crippen LogP contribution in [0.3, 0.4) is 0 Å². The minimum Gasteiger partial charge on any atom is -0.387 e. The van der Waals surface area contributed by atoms with Crippen LogP contribution in [-0.2, 0) is 0 Å². The van der Waals surface area contributed by atoms with Crippen LogP contribution in [0.2, 0.25) is 0 Å². The number of thioether (sulfide) groups is 1. The molecule has 0 fully saturated rings. The molecule has 5 nitrogen and oxygen atoms in total. The van der Waals surface area contributed by atoms with E-state index in [4.69, 9.17) is 0 Å². The summed E-state index contributed by atoms with van der Waals surface area (Å²) in [6.45, 7) is 9.28. The summed E-state index contributed by atoms with van der Waals surface area (Å²) < 4.78 is 0. The van der Waals surface area contributed by atoms with Crippen LogP contribution in [0.1, 0.15) is 39.4 Å². The van der Waals surface area contributed by atoms with Crippen molar-refractivity contribution in [3.8, 4) is 0 Å². The molecule has 1 heterocycles. The minimum atomic E-state index is -0.749. The van der Waals surface area contributed by atoms with Crippen molar-refractivity contribution in [3.63, 3.8) is 0 Å². The minimum absolute atomic E-state index is 0.265. The number of aromatic nitrogens is 2. The fraction of sp³-hybridized carbons (Fsp3) is 0.714. The molecule has 6 heteroatoms. The first kappa shape index (κ1) is 17.0. The number of hydrogen-bond acceptors (Lipinski definition) is 6. The summed E-state index contributed by atoms with van der Waals surface area (Å²) in [5.41, 5.74) is -0.749. The molecule has 0 saturated heterocycles. The van der Waals surface area contributed by atoms with Gasteiger partial charge in [-0.05, 0) is 20.1 Å². The van der Waals surface area contributed by atoms with Gasteiger partial charge in [-0.2, -0.15) is 11.8 Å². The summed E-state index contributed by atoms with van der Waals surface area (Å²) in [7, 11) is 0. The van der Waals surface area contributed by atoms with Crippen LogP contribution < -0.4 is 10.6 Å². The molecule has 3 N–H and O–H groups in total. The Morgan fingerprint density at radius 2 is 1.90 bits per heavy atom. The molecule has 1 atom stereocenters. The lowest BCUT2D eigenvalue weighted by atomic mass is 10.1. The molecule has 0 aromatic carbocycles. The Morgan fingerprint density at radius 3 is 2.40 bits per heavy atom. The standard InChI is InChI=1S/C14H26N4OS/c1-6-15-11-7-12(18-13(17-11)10(2)3)16-8-14(4,19)9-20-5/h7,10,19H,6,8-9H2,1-5H3,(H2,15,16,17,18). The zero-order valence-corrected chi connectivity index (χ0v) is 13.8. The first-order chi connectivity index (χ1) is 9.38. The summed E-state index contributed by atoms with van der Waals surface area (Å²) in [5, 5.41) is 16.6. The number of rotatable bonds is 8. The summed E-state index contributed by atoms with van der Waals surface area (Å²) in [6.07, 6.45) is 1.99. The van der Waals surface area contributed by atoms with E-state index in [-0.39, 0.29) is 5.92 Å². The molecule has 0 spiro atoms. The zero-order valence-electron chi connectivity index (χ0n) is 13.0. The Labute approximate surface area is 126 Å². The second kappa shape index (κ2) is 7.69. The molecule has 0 aliphatic rings. The second-order valence-electron chi connectivity index (χ2n) is 5.47. The summed E-state index contributed by atoms with van der Waals surface area (Å²) in [6, 6.07) is 1.88. The smallest absolute Gasteiger partial charge is 0.135 e. The Hall–Kier alpha value is -1.01. The molecule has 0 radical (unpaired) electrons. The van der Waals surface area contributed by atoms with Crippen molar-refractivity contribution < 1.29 is 5.11 Å². The number of aliphatic hydroxyl groups is 1. The van der Waals surface area contributed by atoms with Gasteiger partial charge in [-0.25, -0.2) is 9.97 Å². The van der Waals surface area contributed by atoms with Gasteiger partial charge in [-0.3, -0.25) is 0 Å². The van der Waals surface area contributed by atoms with Gasteiger partial charge in [0.05, 0.1) is 5.60 Å². The lowest BCUT2D eigenvalue weighted by Crippen LogP contribution is -2.36. The third kappa shape index (κ3) is 5.54. The molecule has 0 amide bonds. The van der Waals surface area contributed by atoms with Crippen LogP contribution in [-0.4, -0.2) is 45.8 Å². The fourth-order valence-corrected chi connectivity index (χ4v) is 2.45. The number of anilines is 2. The molecule has 114 valence electrons. The fourth-order valence-electron chi connectivity index (χ4n) is 1.73. The molecule has 0 bridgehead atoms. The van der Waals surface area contributed by atoms with Crippen molar-refractivity contribution in [3.05, 3.63) is 11.9 Å². The molecule has 0 aliphatic heterocycles. The zero-order chi connectivity index (χ0) is 15.2. The third-order valence-corrected chi connectivity index (χ3v) is 3.63. The van der Waals surface area contributed by atoms with Gasteiger partial charge >= 0.3 is 0 Å². The second-order valence-corrected chi connectivity index (χ2v) is 6.33. The topological polar surface area (TPSA) is 70.1 Å². The van der Waals surface area contributed by atoms with Crippen LogP contribution in [0.4, 0.5) is 11.6 Å². The van der Waals surface area contributed by atoms with Crippen molar-refractivity contribution in [2.24, 2.45) is 0 Å². The number of nitrogens with zero attached hydrogens (tertiary/aromatic N) is 2. The Balaban J connectivity index is 2.83. The van der Waals surface area contributed by atoms with E-state index in [1.165, 1.54) is 0 Å². The van der Waals surface area contributed by atoms with Gasteiger partial charge in [-0.1, -0.05) is 13.8 Å². The Morgan fingerprint density at radius 1 is 1.30 bits per heavy atom. The Bertz CT molecular complexity index is 424. The number of hydrogen-bond donors (Lipinski definition) is 3. The maximum Gasteiger partial charge on any atom is 0.135 e. The molecule has 0 aliphatic carbocycles. The van der Waals surface area contributed by atoms with E-state index in [1.807, 2.05) is 26.2 Å². The summed E-state index contributed by atoms with van der Waals surface area (Å²) >= 11 is 1.63. The van der Waals surface area contributed by atoms with E-state index in [0.29, 0.717) is 12.3 Å². The average Bonchev–Trinajstić information content (AvgIpc) is 2.36. The van der Waals surface area contributed by atoms with E-state index in [1.54, 1.807) is 11.8 Å². The quantitative estimate of drug-likeness (QED) is 0.685. The lowest BCUT2D eigenvalue weighted by Gasteiger charge is -2.23. The highest BCUT2D eigenvalue weighted by molar-refractivity contribution is 7.98. The third-order valence-electron chi connectivity index (χ3n) is 2.72. The number of nitrogens with one attached hydrogen (secondary N) is 2. The van der Waals surface area contributed by atoms with Crippen LogP contribution in [0.15, 0.2) is 6.07 Å². The SMILES string of the molecule is CCNc1cc(NCC(C)(O)CSC)nc(C(C)C)n1. The molecule has 20 heavy (non-hydrogen) atoms. The van der Waals surface area contributed by atoms with Crippen molar-refractivity contribution in [1.82, 2.24) is 9.97 Å². The highest BCUT2D eigenvalue weighted by Gasteiger charge is 2.19. The molecule has 0 saturated carbocycles. The van der Waals surface area contributed by atoms with Gasteiger partial charge in [0.2, 0.25) is 0 Å². The van der Waals surface area contributed by atoms with E-state index in [2.05, 4.69) is 34.4 Å². The first-order valence-corrected chi connectivity index (χ1v) is 8.35. The van der Waals surface area contributed by atoms with E-state index < -0.39 is 5.60 Å². The molecule has 1 rings (SSSR count). The van der Waals surface area contributed by atoms with E-state index in [0.717, 1.165) is 24.0 Å². The first-order valence-electron chi connectivity index (χ1n) is 6.96. The van der Waals surface area contributed by atoms with Gasteiger partial charge in [0.1, 0.15) is 17.5 Å². The summed E-state index contributed by atoms with van der Waals surface area (Å²) in [4.78, 5) is 8.97. The van der Waals surface area contributed by atoms with Crippen molar-refractivity contribution in [1.29, 1.82) is 0 Å². The Kier molecular flexibility index (Phi) is 6.55. The van der Waals surface area contributed by atoms with Crippen LogP contribution in [0, 0.1) is 0 Å². The van der Waals surface area contributed by atoms with Crippen molar-refractivity contribution in [2.45, 2.75) is 39.2 Å². The van der Waals surface area contributed by atoms with Gasteiger partial charge in [0.25, 0.3) is 0 Å². The van der Waals surface area contributed by atoms with E-state index >= 15 is 0 Å². The lowest BCUT2D eigenvalue weighted by molar-refractivity contribution is 0.0996. The largest absolute Gasteiger partial charge is 0.387 e. The van der Waals surface area contributed by atoms with Crippen molar-refractivity contribution >= 4 is 23.4 Å².